The van der Waals surface area contributed by atoms with Gasteiger partial charge in [0.15, 0.2) is 0 Å². The highest BCUT2D eigenvalue weighted by molar-refractivity contribution is 6.54. The van der Waals surface area contributed by atoms with Crippen LogP contribution in [0.25, 0.3) is 0 Å². The molecule has 2 fully saturated rings. The minimum Gasteiger partial charge on any atom is -0.400 e. The van der Waals surface area contributed by atoms with Crippen molar-refractivity contribution < 1.29 is 14.1 Å². The molecule has 1 N–H and O–H groups in total. The largest absolute Gasteiger partial charge is 0.490 e. The second kappa shape index (κ2) is 9.47. The number of allylic oxidation sites excluding steroid dienone is 2. The van der Waals surface area contributed by atoms with E-state index < -0.39 is 5.41 Å². The number of carbonyl (C=O) groups excluding carboxylic acids is 1. The fourth-order valence-electron chi connectivity index (χ4n) is 6.51. The van der Waals surface area contributed by atoms with E-state index in [1.807, 2.05) is 0 Å². The van der Waals surface area contributed by atoms with Crippen LogP contribution < -0.4 is 5.32 Å². The fourth-order valence-corrected chi connectivity index (χ4v) is 6.51. The first-order valence-electron chi connectivity index (χ1n) is 14.5. The van der Waals surface area contributed by atoms with E-state index in [9.17, 15) is 4.79 Å². The standard InChI is InChI=1S/C33H41BN2O3/c1-31(2)27-18-17-24(34-38-32(3,4)33(5,6)39-34)19-28(27)36(30(31)37)26-20-25(21-26)35-29(22-13-9-7-10-14-22)23-15-11-8-12-16-23/h7-16,19,25-26,29,35H,17-18,20-21H2,1-6H3. The average molecular weight is 525 g/mol. The maximum Gasteiger partial charge on any atom is 0.490 e. The van der Waals surface area contributed by atoms with Gasteiger partial charge < -0.3 is 19.5 Å². The minimum atomic E-state index is -0.470. The summed E-state index contributed by atoms with van der Waals surface area (Å²) >= 11 is 0. The number of carbonyl (C=O) groups is 1. The highest BCUT2D eigenvalue weighted by atomic mass is 16.7. The third-order valence-corrected chi connectivity index (χ3v) is 9.76. The second-order valence-corrected chi connectivity index (χ2v) is 13.2. The van der Waals surface area contributed by atoms with Gasteiger partial charge in [-0.1, -0.05) is 60.7 Å². The molecule has 2 heterocycles. The number of nitrogens with one attached hydrogen (secondary N) is 1. The average Bonchev–Trinajstić information content (AvgIpc) is 3.23. The summed E-state index contributed by atoms with van der Waals surface area (Å²) in [5.41, 5.74) is 4.79. The Bertz CT molecular complexity index is 1250. The zero-order valence-corrected chi connectivity index (χ0v) is 24.2. The van der Waals surface area contributed by atoms with E-state index in [2.05, 4.69) is 118 Å². The van der Waals surface area contributed by atoms with Crippen LogP contribution in [0.3, 0.4) is 0 Å². The van der Waals surface area contributed by atoms with Crippen molar-refractivity contribution in [3.63, 3.8) is 0 Å². The summed E-state index contributed by atoms with van der Waals surface area (Å²) in [4.78, 5) is 15.9. The lowest BCUT2D eigenvalue weighted by Gasteiger charge is -2.44. The topological polar surface area (TPSA) is 50.8 Å². The molecule has 6 rings (SSSR count). The summed E-state index contributed by atoms with van der Waals surface area (Å²) < 4.78 is 12.8. The first kappa shape index (κ1) is 26.6. The van der Waals surface area contributed by atoms with E-state index in [0.29, 0.717) is 6.04 Å². The van der Waals surface area contributed by atoms with Gasteiger partial charge in [0.1, 0.15) is 0 Å². The van der Waals surface area contributed by atoms with Gasteiger partial charge >= 0.3 is 7.12 Å². The molecular formula is C33H41BN2O3. The highest BCUT2D eigenvalue weighted by Crippen LogP contribution is 2.50. The van der Waals surface area contributed by atoms with Gasteiger partial charge in [-0.25, -0.2) is 0 Å². The number of benzene rings is 2. The normalized spacial score (nSPS) is 27.1. The Morgan fingerprint density at radius 1 is 0.846 bits per heavy atom. The fraction of sp³-hybridized carbons (Fsp3) is 0.485. The van der Waals surface area contributed by atoms with E-state index in [4.69, 9.17) is 9.31 Å². The lowest BCUT2D eigenvalue weighted by Crippen LogP contribution is -2.54. The lowest BCUT2D eigenvalue weighted by molar-refractivity contribution is -0.137. The molecule has 0 unspecified atom stereocenters. The zero-order chi connectivity index (χ0) is 27.6. The number of nitrogens with zero attached hydrogens (tertiary/aromatic N) is 1. The third-order valence-electron chi connectivity index (χ3n) is 9.76. The van der Waals surface area contributed by atoms with Crippen molar-refractivity contribution >= 4 is 13.0 Å². The van der Waals surface area contributed by atoms with Crippen LogP contribution in [0.1, 0.15) is 84.4 Å². The Kier molecular flexibility index (Phi) is 6.45. The summed E-state index contributed by atoms with van der Waals surface area (Å²) in [7, 11) is -0.363. The van der Waals surface area contributed by atoms with Crippen molar-refractivity contribution in [1.82, 2.24) is 10.2 Å². The maximum atomic E-state index is 13.8. The van der Waals surface area contributed by atoms with Gasteiger partial charge in [0.25, 0.3) is 0 Å². The van der Waals surface area contributed by atoms with Crippen LogP contribution in [0, 0.1) is 5.41 Å². The van der Waals surface area contributed by atoms with Crippen molar-refractivity contribution in [3.8, 4) is 0 Å². The summed E-state index contributed by atoms with van der Waals surface area (Å²) in [6.07, 6.45) is 5.83. The quantitative estimate of drug-likeness (QED) is 0.446. The van der Waals surface area contributed by atoms with Crippen LogP contribution >= 0.6 is 0 Å². The minimum absolute atomic E-state index is 0.128. The van der Waals surface area contributed by atoms with E-state index in [0.717, 1.165) is 36.9 Å². The molecule has 1 amide bonds. The van der Waals surface area contributed by atoms with Crippen molar-refractivity contribution in [2.45, 2.75) is 96.6 Å². The smallest absolute Gasteiger partial charge is 0.400 e. The summed E-state index contributed by atoms with van der Waals surface area (Å²) in [6.45, 7) is 12.6. The van der Waals surface area contributed by atoms with E-state index in [1.165, 1.54) is 16.7 Å². The van der Waals surface area contributed by atoms with Gasteiger partial charge in [-0.2, -0.15) is 0 Å². The first-order valence-corrected chi connectivity index (χ1v) is 14.5. The molecule has 204 valence electrons. The zero-order valence-electron chi connectivity index (χ0n) is 24.2. The van der Waals surface area contributed by atoms with Gasteiger partial charge in [-0.3, -0.25) is 4.79 Å². The number of amides is 1. The van der Waals surface area contributed by atoms with Gasteiger partial charge in [0.2, 0.25) is 5.91 Å². The SMILES string of the molecule is CC1(C)C(=O)N(C2CC(NC(c3ccccc3)c3ccccc3)C2)C2=C1CCC(B1OC(C)(C)C(C)(C)O1)=C2. The molecule has 0 bridgehead atoms. The van der Waals surface area contributed by atoms with Crippen molar-refractivity contribution in [2.75, 3.05) is 0 Å². The molecule has 6 heteroatoms. The number of hydrogen-bond donors (Lipinski definition) is 1. The molecule has 1 saturated heterocycles. The van der Waals surface area contributed by atoms with Crippen molar-refractivity contribution in [1.29, 1.82) is 0 Å². The molecular weight excluding hydrogens is 483 g/mol. The van der Waals surface area contributed by atoms with Crippen LogP contribution in [0.4, 0.5) is 0 Å². The number of hydrogen-bond acceptors (Lipinski definition) is 4. The van der Waals surface area contributed by atoms with E-state index in [1.54, 1.807) is 0 Å². The molecule has 0 atom stereocenters. The Morgan fingerprint density at radius 3 is 1.92 bits per heavy atom. The maximum absolute atomic E-state index is 13.8. The predicted octanol–water partition coefficient (Wildman–Crippen LogP) is 6.37. The Hall–Kier alpha value is -2.67. The Balaban J connectivity index is 1.21. The Morgan fingerprint density at radius 2 is 1.38 bits per heavy atom. The van der Waals surface area contributed by atoms with Crippen LogP contribution in [-0.4, -0.2) is 41.2 Å². The van der Waals surface area contributed by atoms with E-state index in [-0.39, 0.29) is 36.3 Å². The van der Waals surface area contributed by atoms with Crippen LogP contribution in [0.2, 0.25) is 0 Å². The Labute approximate surface area is 233 Å². The summed E-state index contributed by atoms with van der Waals surface area (Å²) in [5.74, 6) is 0.227. The molecule has 39 heavy (non-hydrogen) atoms. The molecule has 0 radical (unpaired) electrons. The number of rotatable bonds is 6. The van der Waals surface area contributed by atoms with Crippen LogP contribution in [0.5, 0.6) is 0 Å². The molecule has 2 aromatic carbocycles. The summed E-state index contributed by atoms with van der Waals surface area (Å²) in [6, 6.07) is 21.9. The monoisotopic (exact) mass is 524 g/mol. The molecule has 0 aromatic heterocycles. The van der Waals surface area contributed by atoms with Crippen LogP contribution in [-0.2, 0) is 14.1 Å². The van der Waals surface area contributed by atoms with Crippen molar-refractivity contribution in [3.05, 3.63) is 94.6 Å². The van der Waals surface area contributed by atoms with Crippen molar-refractivity contribution in [2.24, 2.45) is 5.41 Å². The van der Waals surface area contributed by atoms with Gasteiger partial charge in [-0.15, -0.1) is 0 Å². The van der Waals surface area contributed by atoms with Gasteiger partial charge in [0.05, 0.1) is 22.7 Å². The molecule has 2 aromatic rings. The molecule has 4 aliphatic rings. The van der Waals surface area contributed by atoms with E-state index >= 15 is 0 Å². The van der Waals surface area contributed by atoms with Crippen LogP contribution in [0.15, 0.2) is 83.5 Å². The highest BCUT2D eigenvalue weighted by Gasteiger charge is 2.55. The molecule has 0 spiro atoms. The molecule has 2 aliphatic heterocycles. The second-order valence-electron chi connectivity index (χ2n) is 13.2. The van der Waals surface area contributed by atoms with Gasteiger partial charge in [0, 0.05) is 17.8 Å². The van der Waals surface area contributed by atoms with Gasteiger partial charge in [-0.05, 0) is 95.5 Å². The lowest BCUT2D eigenvalue weighted by atomic mass is 9.70. The molecule has 5 nitrogen and oxygen atoms in total. The first-order chi connectivity index (χ1) is 18.5. The summed E-state index contributed by atoms with van der Waals surface area (Å²) in [5, 5.41) is 3.91. The molecule has 1 saturated carbocycles. The third kappa shape index (κ3) is 4.51. The molecule has 2 aliphatic carbocycles. The predicted molar refractivity (Wildman–Crippen MR) is 156 cm³/mol.